The van der Waals surface area contributed by atoms with E-state index in [1.54, 1.807) is 0 Å². The summed E-state index contributed by atoms with van der Waals surface area (Å²) in [5.74, 6) is 0. The molecule has 0 heterocycles. The van der Waals surface area contributed by atoms with Gasteiger partial charge in [0.15, 0.2) is 0 Å². The van der Waals surface area contributed by atoms with Crippen LogP contribution in [0.25, 0.3) is 0 Å². The minimum Gasteiger partial charge on any atom is -0.374 e. The average Bonchev–Trinajstić information content (AvgIpc) is 2.44. The van der Waals surface area contributed by atoms with Gasteiger partial charge < -0.3 is 4.90 Å². The lowest BCUT2D eigenvalue weighted by atomic mass is 9.98. The molecule has 0 aliphatic rings. The fourth-order valence-electron chi connectivity index (χ4n) is 2.30. The molecule has 20 heavy (non-hydrogen) atoms. The Morgan fingerprint density at radius 3 is 2.35 bits per heavy atom. The monoisotopic (exact) mass is 273 g/mol. The van der Waals surface area contributed by atoms with E-state index in [1.807, 2.05) is 6.92 Å². The quantitative estimate of drug-likeness (QED) is 0.828. The summed E-state index contributed by atoms with van der Waals surface area (Å²) in [4.78, 5) is 2.21. The number of benzene rings is 1. The minimum atomic E-state index is -0.466. The Morgan fingerprint density at radius 2 is 1.90 bits per heavy atom. The van der Waals surface area contributed by atoms with Crippen LogP contribution in [0.1, 0.15) is 39.7 Å². The van der Waals surface area contributed by atoms with E-state index in [0.29, 0.717) is 6.04 Å². The number of nitriles is 1. The zero-order valence-corrected chi connectivity index (χ0v) is 13.4. The lowest BCUT2D eigenvalue weighted by Crippen LogP contribution is -2.46. The first-order valence-electron chi connectivity index (χ1n) is 7.39. The Bertz CT molecular complexity index is 444. The summed E-state index contributed by atoms with van der Waals surface area (Å²) in [6.07, 6.45) is 1.86. The predicted molar refractivity (Wildman–Crippen MR) is 86.0 cm³/mol. The number of hydrogen-bond acceptors (Lipinski definition) is 3. The van der Waals surface area contributed by atoms with Crippen LogP contribution in [-0.2, 0) is 6.42 Å². The van der Waals surface area contributed by atoms with E-state index in [1.165, 1.54) is 11.3 Å². The van der Waals surface area contributed by atoms with Gasteiger partial charge in [0.1, 0.15) is 5.54 Å². The molecule has 0 spiro atoms. The average molecular weight is 273 g/mol. The molecule has 3 heteroatoms. The molecule has 0 aliphatic carbocycles. The summed E-state index contributed by atoms with van der Waals surface area (Å²) in [6.45, 7) is 9.14. The maximum Gasteiger partial charge on any atom is 0.105 e. The first-order valence-corrected chi connectivity index (χ1v) is 7.39. The van der Waals surface area contributed by atoms with Crippen molar-refractivity contribution >= 4 is 5.69 Å². The molecule has 0 aliphatic heterocycles. The Balaban J connectivity index is 2.61. The van der Waals surface area contributed by atoms with Crippen molar-refractivity contribution in [3.05, 3.63) is 29.8 Å². The number of nitrogens with zero attached hydrogens (tertiary/aromatic N) is 2. The highest BCUT2D eigenvalue weighted by Crippen LogP contribution is 2.17. The molecule has 1 unspecified atom stereocenters. The molecule has 1 N–H and O–H groups in total. The highest BCUT2D eigenvalue weighted by Gasteiger charge is 2.24. The van der Waals surface area contributed by atoms with Gasteiger partial charge in [-0.1, -0.05) is 19.1 Å². The molecular formula is C17H27N3. The number of nitrogens with one attached hydrogen (secondary N) is 1. The second kappa shape index (κ2) is 7.31. The van der Waals surface area contributed by atoms with Crippen molar-refractivity contribution in [2.45, 2.75) is 52.1 Å². The van der Waals surface area contributed by atoms with Crippen LogP contribution in [-0.4, -0.2) is 25.2 Å². The van der Waals surface area contributed by atoms with Crippen molar-refractivity contribution in [3.63, 3.8) is 0 Å². The smallest absolute Gasteiger partial charge is 0.105 e. The van der Waals surface area contributed by atoms with E-state index >= 15 is 0 Å². The van der Waals surface area contributed by atoms with Gasteiger partial charge >= 0.3 is 0 Å². The van der Waals surface area contributed by atoms with Crippen molar-refractivity contribution in [3.8, 4) is 6.07 Å². The van der Waals surface area contributed by atoms with Gasteiger partial charge in [0, 0.05) is 25.3 Å². The molecule has 0 saturated heterocycles. The molecule has 0 radical (unpaired) electrons. The van der Waals surface area contributed by atoms with Crippen LogP contribution in [0.5, 0.6) is 0 Å². The highest BCUT2D eigenvalue weighted by molar-refractivity contribution is 5.46. The lowest BCUT2D eigenvalue weighted by molar-refractivity contribution is 0.384. The third-order valence-corrected chi connectivity index (χ3v) is 3.59. The van der Waals surface area contributed by atoms with Gasteiger partial charge in [-0.05, 0) is 51.3 Å². The SMILES string of the molecule is CCc1ccc(N(C)CCC(C)(C#N)NC(C)C)cc1. The van der Waals surface area contributed by atoms with Crippen molar-refractivity contribution in [2.75, 3.05) is 18.5 Å². The number of rotatable bonds is 7. The van der Waals surface area contributed by atoms with Gasteiger partial charge in [-0.3, -0.25) is 5.32 Å². The zero-order chi connectivity index (χ0) is 15.2. The Labute approximate surface area is 123 Å². The van der Waals surface area contributed by atoms with E-state index < -0.39 is 5.54 Å². The van der Waals surface area contributed by atoms with Crippen LogP contribution in [0.2, 0.25) is 0 Å². The van der Waals surface area contributed by atoms with E-state index in [4.69, 9.17) is 0 Å². The number of aryl methyl sites for hydroxylation is 1. The van der Waals surface area contributed by atoms with Crippen LogP contribution in [0.4, 0.5) is 5.69 Å². The Kier molecular flexibility index (Phi) is 6.04. The van der Waals surface area contributed by atoms with Crippen molar-refractivity contribution in [2.24, 2.45) is 0 Å². The normalized spacial score (nSPS) is 13.8. The van der Waals surface area contributed by atoms with Crippen molar-refractivity contribution < 1.29 is 0 Å². The second-order valence-electron chi connectivity index (χ2n) is 5.93. The maximum absolute atomic E-state index is 9.35. The van der Waals surface area contributed by atoms with Crippen LogP contribution >= 0.6 is 0 Å². The van der Waals surface area contributed by atoms with Crippen molar-refractivity contribution in [1.29, 1.82) is 5.26 Å². The van der Waals surface area contributed by atoms with Gasteiger partial charge in [-0.25, -0.2) is 0 Å². The molecule has 0 saturated carbocycles. The van der Waals surface area contributed by atoms with E-state index in [9.17, 15) is 5.26 Å². The van der Waals surface area contributed by atoms with Gasteiger partial charge in [0.25, 0.3) is 0 Å². The maximum atomic E-state index is 9.35. The summed E-state index contributed by atoms with van der Waals surface area (Å²) < 4.78 is 0. The molecule has 1 atom stereocenters. The molecule has 0 fully saturated rings. The fourth-order valence-corrected chi connectivity index (χ4v) is 2.30. The van der Waals surface area contributed by atoms with Crippen LogP contribution in [0, 0.1) is 11.3 Å². The number of anilines is 1. The first-order chi connectivity index (χ1) is 9.40. The first kappa shape index (κ1) is 16.5. The Hall–Kier alpha value is -1.53. The molecule has 0 amide bonds. The van der Waals surface area contributed by atoms with Gasteiger partial charge in [-0.2, -0.15) is 5.26 Å². The lowest BCUT2D eigenvalue weighted by Gasteiger charge is -2.29. The minimum absolute atomic E-state index is 0.314. The molecule has 0 aromatic heterocycles. The molecule has 1 aromatic rings. The molecular weight excluding hydrogens is 246 g/mol. The second-order valence-corrected chi connectivity index (χ2v) is 5.93. The van der Waals surface area contributed by atoms with Crippen LogP contribution in [0.3, 0.4) is 0 Å². The molecule has 110 valence electrons. The third-order valence-electron chi connectivity index (χ3n) is 3.59. The summed E-state index contributed by atoms with van der Waals surface area (Å²) in [7, 11) is 2.08. The molecule has 1 rings (SSSR count). The molecule has 1 aromatic carbocycles. The standard InChI is InChI=1S/C17H27N3/c1-6-15-7-9-16(10-8-15)20(5)12-11-17(4,13-18)19-14(2)3/h7-10,14,19H,6,11-12H2,1-5H3. The summed E-state index contributed by atoms with van der Waals surface area (Å²) in [5.41, 5.74) is 2.09. The van der Waals surface area contributed by atoms with Crippen LogP contribution in [0.15, 0.2) is 24.3 Å². The Morgan fingerprint density at radius 1 is 1.30 bits per heavy atom. The zero-order valence-electron chi connectivity index (χ0n) is 13.4. The number of hydrogen-bond donors (Lipinski definition) is 1. The van der Waals surface area contributed by atoms with Crippen molar-refractivity contribution in [1.82, 2.24) is 5.32 Å². The van der Waals surface area contributed by atoms with Gasteiger partial charge in [-0.15, -0.1) is 0 Å². The van der Waals surface area contributed by atoms with E-state index in [0.717, 1.165) is 19.4 Å². The van der Waals surface area contributed by atoms with E-state index in [-0.39, 0.29) is 0 Å². The van der Waals surface area contributed by atoms with E-state index in [2.05, 4.69) is 68.4 Å². The summed E-state index contributed by atoms with van der Waals surface area (Å²) >= 11 is 0. The summed E-state index contributed by atoms with van der Waals surface area (Å²) in [6, 6.07) is 11.3. The highest BCUT2D eigenvalue weighted by atomic mass is 15.1. The topological polar surface area (TPSA) is 39.1 Å². The molecule has 3 nitrogen and oxygen atoms in total. The fraction of sp³-hybridized carbons (Fsp3) is 0.588. The molecule has 0 bridgehead atoms. The van der Waals surface area contributed by atoms with Gasteiger partial charge in [0.05, 0.1) is 6.07 Å². The summed E-state index contributed by atoms with van der Waals surface area (Å²) in [5, 5.41) is 12.7. The van der Waals surface area contributed by atoms with Crippen LogP contribution < -0.4 is 10.2 Å². The predicted octanol–water partition coefficient (Wildman–Crippen LogP) is 3.36. The largest absolute Gasteiger partial charge is 0.374 e. The third kappa shape index (κ3) is 4.86. The van der Waals surface area contributed by atoms with Gasteiger partial charge in [0.2, 0.25) is 0 Å².